The molecule has 3 amide bonds. The van der Waals surface area contributed by atoms with Crippen molar-refractivity contribution in [1.29, 1.82) is 0 Å². The second-order valence-corrected chi connectivity index (χ2v) is 11.9. The van der Waals surface area contributed by atoms with Gasteiger partial charge in [0.05, 0.1) is 6.04 Å². The minimum atomic E-state index is -0.808. The molecular formula is C27H36N2O5. The number of ether oxygens (including phenoxy) is 2. The average molecular weight is 469 g/mol. The van der Waals surface area contributed by atoms with Crippen LogP contribution in [0.4, 0.5) is 9.59 Å². The third kappa shape index (κ3) is 4.53. The quantitative estimate of drug-likeness (QED) is 0.655. The Kier molecular flexibility index (Phi) is 5.85. The fraction of sp³-hybridized carbons (Fsp3) is 0.667. The van der Waals surface area contributed by atoms with Gasteiger partial charge in [0.1, 0.15) is 18.2 Å². The Labute approximate surface area is 201 Å². The second-order valence-electron chi connectivity index (χ2n) is 11.9. The zero-order valence-corrected chi connectivity index (χ0v) is 20.4. The van der Waals surface area contributed by atoms with Crippen LogP contribution in [0.1, 0.15) is 64.9 Å². The number of nitrogens with one attached hydrogen (secondary N) is 1. The number of alkyl carbamates (subject to hydrolysis) is 1. The molecule has 5 aliphatic rings. The molecule has 184 valence electrons. The van der Waals surface area contributed by atoms with Crippen molar-refractivity contribution in [2.45, 2.75) is 83.4 Å². The van der Waals surface area contributed by atoms with Crippen molar-refractivity contribution in [2.75, 3.05) is 6.61 Å². The van der Waals surface area contributed by atoms with E-state index in [1.54, 1.807) is 20.8 Å². The van der Waals surface area contributed by atoms with Crippen LogP contribution in [0.15, 0.2) is 30.3 Å². The number of cyclic esters (lactones) is 1. The summed E-state index contributed by atoms with van der Waals surface area (Å²) in [4.78, 5) is 40.6. The van der Waals surface area contributed by atoms with Crippen LogP contribution in [-0.4, -0.2) is 47.3 Å². The fourth-order valence-corrected chi connectivity index (χ4v) is 7.29. The zero-order valence-electron chi connectivity index (χ0n) is 20.4. The van der Waals surface area contributed by atoms with Crippen LogP contribution >= 0.6 is 0 Å². The molecular weight excluding hydrogens is 432 g/mol. The number of carbonyl (C=O) groups excluding carboxylic acids is 3. The molecule has 4 saturated carbocycles. The Bertz CT molecular complexity index is 942. The highest BCUT2D eigenvalue weighted by Gasteiger charge is 2.59. The SMILES string of the molecule is CC(C)(C)OC(=O)N[C@@H](CC12CC3CC(CC1C3)C2)C(=O)N1C(=O)OC[C@@H]1Cc1ccccc1. The van der Waals surface area contributed by atoms with E-state index in [0.29, 0.717) is 18.8 Å². The van der Waals surface area contributed by atoms with Gasteiger partial charge in [-0.3, -0.25) is 4.79 Å². The number of hydrogen-bond acceptors (Lipinski definition) is 5. The molecule has 0 aromatic heterocycles. The second kappa shape index (κ2) is 8.58. The molecule has 2 unspecified atom stereocenters. The molecule has 1 saturated heterocycles. The van der Waals surface area contributed by atoms with E-state index in [0.717, 1.165) is 30.2 Å². The molecule has 1 aromatic carbocycles. The molecule has 1 aliphatic heterocycles. The van der Waals surface area contributed by atoms with Crippen LogP contribution in [0, 0.1) is 23.2 Å². The van der Waals surface area contributed by atoms with Gasteiger partial charge in [-0.2, -0.15) is 0 Å². The van der Waals surface area contributed by atoms with Crippen LogP contribution in [-0.2, 0) is 20.7 Å². The molecule has 7 nitrogen and oxygen atoms in total. The van der Waals surface area contributed by atoms with Gasteiger partial charge in [0.25, 0.3) is 5.91 Å². The van der Waals surface area contributed by atoms with Gasteiger partial charge in [0, 0.05) is 0 Å². The maximum Gasteiger partial charge on any atom is 0.417 e. The van der Waals surface area contributed by atoms with E-state index in [1.165, 1.54) is 24.2 Å². The van der Waals surface area contributed by atoms with Crippen molar-refractivity contribution in [3.8, 4) is 0 Å². The van der Waals surface area contributed by atoms with Crippen LogP contribution in [0.25, 0.3) is 0 Å². The Morgan fingerprint density at radius 1 is 1.15 bits per heavy atom. The van der Waals surface area contributed by atoms with Crippen LogP contribution in [0.2, 0.25) is 0 Å². The van der Waals surface area contributed by atoms with Gasteiger partial charge in [-0.05, 0) is 94.4 Å². The highest BCUT2D eigenvalue weighted by Crippen LogP contribution is 2.67. The zero-order chi connectivity index (χ0) is 24.1. The molecule has 0 radical (unpaired) electrons. The van der Waals surface area contributed by atoms with Crippen molar-refractivity contribution >= 4 is 18.1 Å². The lowest BCUT2D eigenvalue weighted by Gasteiger charge is -2.37. The highest BCUT2D eigenvalue weighted by molar-refractivity contribution is 5.97. The maximum atomic E-state index is 13.9. The smallest absolute Gasteiger partial charge is 0.417 e. The molecule has 0 spiro atoms. The Balaban J connectivity index is 1.37. The lowest BCUT2D eigenvalue weighted by Crippen LogP contribution is -2.54. The summed E-state index contributed by atoms with van der Waals surface area (Å²) < 4.78 is 10.8. The number of hydrogen-bond donors (Lipinski definition) is 1. The molecule has 1 heterocycles. The molecule has 7 heteroatoms. The van der Waals surface area contributed by atoms with E-state index in [4.69, 9.17) is 9.47 Å². The summed E-state index contributed by atoms with van der Waals surface area (Å²) in [7, 11) is 0. The summed E-state index contributed by atoms with van der Waals surface area (Å²) in [6.45, 7) is 5.56. The van der Waals surface area contributed by atoms with Crippen LogP contribution in [0.3, 0.4) is 0 Å². The van der Waals surface area contributed by atoms with Crippen molar-refractivity contribution in [3.05, 3.63) is 35.9 Å². The van der Waals surface area contributed by atoms with E-state index in [-0.39, 0.29) is 24.0 Å². The van der Waals surface area contributed by atoms with E-state index in [1.807, 2.05) is 30.3 Å². The predicted octanol–water partition coefficient (Wildman–Crippen LogP) is 4.69. The Hall–Kier alpha value is -2.57. The molecule has 4 bridgehead atoms. The molecule has 34 heavy (non-hydrogen) atoms. The minimum Gasteiger partial charge on any atom is -0.447 e. The summed E-state index contributed by atoms with van der Waals surface area (Å²) in [6.07, 6.45) is 5.83. The third-order valence-electron chi connectivity index (χ3n) is 8.27. The van der Waals surface area contributed by atoms with Crippen molar-refractivity contribution < 1.29 is 23.9 Å². The monoisotopic (exact) mass is 468 g/mol. The van der Waals surface area contributed by atoms with Gasteiger partial charge in [-0.25, -0.2) is 14.5 Å². The minimum absolute atomic E-state index is 0.0709. The standard InChI is InChI=1S/C27H36N2O5/c1-26(2,3)34-24(31)28-22(15-27-13-18-9-19(14-27)11-20(27)10-18)23(30)29-21(16-33-25(29)32)12-17-7-5-4-6-8-17/h4-8,18-22H,9-16H2,1-3H3,(H,28,31)/t18?,19?,20?,21-,22-,27?/m0/s1. The number of nitrogens with zero attached hydrogens (tertiary/aromatic N) is 1. The molecule has 1 aromatic rings. The summed E-state index contributed by atoms with van der Waals surface area (Å²) >= 11 is 0. The fourth-order valence-electron chi connectivity index (χ4n) is 7.29. The van der Waals surface area contributed by atoms with Gasteiger partial charge in [-0.15, -0.1) is 0 Å². The van der Waals surface area contributed by atoms with E-state index < -0.39 is 23.8 Å². The number of rotatable bonds is 6. The van der Waals surface area contributed by atoms with E-state index >= 15 is 0 Å². The lowest BCUT2D eigenvalue weighted by molar-refractivity contribution is -0.132. The first kappa shape index (κ1) is 23.2. The topological polar surface area (TPSA) is 84.9 Å². The van der Waals surface area contributed by atoms with Gasteiger partial charge in [0.2, 0.25) is 0 Å². The molecule has 5 fully saturated rings. The number of carbonyl (C=O) groups is 3. The lowest BCUT2D eigenvalue weighted by atomic mass is 9.71. The van der Waals surface area contributed by atoms with Gasteiger partial charge in [0.15, 0.2) is 0 Å². The molecule has 6 rings (SSSR count). The van der Waals surface area contributed by atoms with E-state index in [9.17, 15) is 14.4 Å². The Morgan fingerprint density at radius 2 is 1.82 bits per heavy atom. The Morgan fingerprint density at radius 3 is 2.47 bits per heavy atom. The van der Waals surface area contributed by atoms with Gasteiger partial charge >= 0.3 is 12.2 Å². The summed E-state index contributed by atoms with van der Waals surface area (Å²) in [6, 6.07) is 8.58. The number of benzene rings is 1. The van der Waals surface area contributed by atoms with Crippen LogP contribution < -0.4 is 5.32 Å². The number of imide groups is 1. The summed E-state index contributed by atoms with van der Waals surface area (Å²) in [5.41, 5.74) is 0.427. The molecule has 4 aliphatic carbocycles. The molecule has 1 N–H and O–H groups in total. The summed E-state index contributed by atoms with van der Waals surface area (Å²) in [5.74, 6) is 1.70. The first-order chi connectivity index (χ1) is 16.1. The predicted molar refractivity (Wildman–Crippen MR) is 126 cm³/mol. The van der Waals surface area contributed by atoms with Crippen molar-refractivity contribution in [1.82, 2.24) is 10.2 Å². The van der Waals surface area contributed by atoms with Gasteiger partial charge in [-0.1, -0.05) is 30.3 Å². The van der Waals surface area contributed by atoms with Gasteiger partial charge < -0.3 is 14.8 Å². The van der Waals surface area contributed by atoms with Crippen molar-refractivity contribution in [3.63, 3.8) is 0 Å². The number of amides is 3. The van der Waals surface area contributed by atoms with E-state index in [2.05, 4.69) is 5.32 Å². The maximum absolute atomic E-state index is 13.9. The van der Waals surface area contributed by atoms with Crippen molar-refractivity contribution in [2.24, 2.45) is 23.2 Å². The first-order valence-electron chi connectivity index (χ1n) is 12.7. The largest absolute Gasteiger partial charge is 0.447 e. The summed E-state index contributed by atoms with van der Waals surface area (Å²) in [5, 5.41) is 2.86. The molecule has 4 atom stereocenters. The average Bonchev–Trinajstić information content (AvgIpc) is 3.31. The highest BCUT2D eigenvalue weighted by atomic mass is 16.6. The van der Waals surface area contributed by atoms with Crippen LogP contribution in [0.5, 0.6) is 0 Å². The third-order valence-corrected chi connectivity index (χ3v) is 8.27. The first-order valence-corrected chi connectivity index (χ1v) is 12.7. The normalized spacial score (nSPS) is 32.6.